The average Bonchev–Trinajstić information content (AvgIpc) is 3.32. The maximum atomic E-state index is 12.2. The summed E-state index contributed by atoms with van der Waals surface area (Å²) in [6.07, 6.45) is 1.79. The summed E-state index contributed by atoms with van der Waals surface area (Å²) < 4.78 is 12.7. The molecule has 0 atom stereocenters. The highest BCUT2D eigenvalue weighted by Gasteiger charge is 2.21. The molecule has 28 heavy (non-hydrogen) atoms. The lowest BCUT2D eigenvalue weighted by Crippen LogP contribution is -2.22. The molecule has 2 heterocycles. The minimum Gasteiger partial charge on any atom is -0.482 e. The number of furan rings is 1. The Bertz CT molecular complexity index is 1000. The lowest BCUT2D eigenvalue weighted by molar-refractivity contribution is 0.0918. The zero-order valence-corrected chi connectivity index (χ0v) is 18.0. The van der Waals surface area contributed by atoms with E-state index in [1.54, 1.807) is 30.1 Å². The maximum absolute atomic E-state index is 12.2. The van der Waals surface area contributed by atoms with Crippen LogP contribution in [0.15, 0.2) is 28.8 Å². The number of rotatable bonds is 6. The number of nitrogens with one attached hydrogen (secondary N) is 1. The van der Waals surface area contributed by atoms with Crippen LogP contribution in [0.4, 0.5) is 0 Å². The van der Waals surface area contributed by atoms with Crippen LogP contribution >= 0.6 is 58.0 Å². The maximum Gasteiger partial charge on any atom is 0.287 e. The number of aromatic nitrogens is 2. The number of halogens is 5. The van der Waals surface area contributed by atoms with Crippen LogP contribution in [0.5, 0.6) is 5.75 Å². The molecule has 1 aromatic carbocycles. The van der Waals surface area contributed by atoms with E-state index in [9.17, 15) is 4.79 Å². The van der Waals surface area contributed by atoms with Crippen LogP contribution in [-0.2, 0) is 20.2 Å². The quantitative estimate of drug-likeness (QED) is 0.356. The van der Waals surface area contributed by atoms with E-state index >= 15 is 0 Å². The second kappa shape index (κ2) is 8.84. The summed E-state index contributed by atoms with van der Waals surface area (Å²) in [5, 5.41) is 7.04. The van der Waals surface area contributed by atoms with Gasteiger partial charge in [-0.05, 0) is 18.2 Å². The Kier molecular flexibility index (Phi) is 6.68. The van der Waals surface area contributed by atoms with Crippen LogP contribution in [0.1, 0.15) is 22.0 Å². The molecule has 0 spiro atoms. The number of carbonyl (C=O) groups excluding carboxylic acids is 1. The Morgan fingerprint density at radius 1 is 1.07 bits per heavy atom. The third-order valence-electron chi connectivity index (χ3n) is 3.61. The van der Waals surface area contributed by atoms with E-state index in [-0.39, 0.29) is 55.7 Å². The van der Waals surface area contributed by atoms with E-state index in [1.807, 2.05) is 0 Å². The van der Waals surface area contributed by atoms with Crippen molar-refractivity contribution < 1.29 is 13.9 Å². The summed E-state index contributed by atoms with van der Waals surface area (Å²) in [5.41, 5.74) is 0.728. The molecular formula is C17H12Cl5N3O3. The van der Waals surface area contributed by atoms with Crippen molar-refractivity contribution in [2.75, 3.05) is 0 Å². The Hall–Kier alpha value is -1.57. The van der Waals surface area contributed by atoms with E-state index in [0.29, 0.717) is 5.76 Å². The summed E-state index contributed by atoms with van der Waals surface area (Å²) in [4.78, 5) is 12.2. The first-order chi connectivity index (χ1) is 13.3. The van der Waals surface area contributed by atoms with Gasteiger partial charge in [-0.2, -0.15) is 5.10 Å². The predicted molar refractivity (Wildman–Crippen MR) is 109 cm³/mol. The number of benzene rings is 1. The Labute approximate surface area is 185 Å². The van der Waals surface area contributed by atoms with Crippen molar-refractivity contribution >= 4 is 63.9 Å². The molecule has 0 saturated carbocycles. The molecule has 0 aliphatic rings. The number of carbonyl (C=O) groups is 1. The number of ether oxygens (including phenoxy) is 1. The topological polar surface area (TPSA) is 69.3 Å². The molecule has 0 fully saturated rings. The molecule has 0 unspecified atom stereocenters. The van der Waals surface area contributed by atoms with Crippen molar-refractivity contribution in [3.8, 4) is 5.75 Å². The minimum atomic E-state index is -0.384. The van der Waals surface area contributed by atoms with E-state index in [4.69, 9.17) is 67.2 Å². The minimum absolute atomic E-state index is 0.0287. The van der Waals surface area contributed by atoms with Crippen LogP contribution in [0.3, 0.4) is 0 Å². The van der Waals surface area contributed by atoms with Gasteiger partial charge in [-0.3, -0.25) is 9.48 Å². The van der Waals surface area contributed by atoms with Crippen molar-refractivity contribution in [1.29, 1.82) is 0 Å². The largest absolute Gasteiger partial charge is 0.482 e. The highest BCUT2D eigenvalue weighted by atomic mass is 35.5. The first-order valence-electron chi connectivity index (χ1n) is 7.77. The summed E-state index contributed by atoms with van der Waals surface area (Å²) in [6.45, 7) is 0.223. The van der Waals surface area contributed by atoms with Crippen molar-refractivity contribution in [3.05, 3.63) is 66.7 Å². The fraction of sp³-hybridized carbons (Fsp3) is 0.176. The van der Waals surface area contributed by atoms with Crippen LogP contribution in [0, 0.1) is 0 Å². The summed E-state index contributed by atoms with van der Waals surface area (Å²) >= 11 is 30.2. The molecule has 0 bridgehead atoms. The van der Waals surface area contributed by atoms with Crippen LogP contribution in [0.25, 0.3) is 0 Å². The number of hydrogen-bond donors (Lipinski definition) is 1. The molecule has 1 N–H and O–H groups in total. The normalized spacial score (nSPS) is 10.9. The number of hydrogen-bond acceptors (Lipinski definition) is 4. The van der Waals surface area contributed by atoms with Crippen molar-refractivity contribution in [1.82, 2.24) is 15.1 Å². The van der Waals surface area contributed by atoms with Gasteiger partial charge in [-0.25, -0.2) is 0 Å². The van der Waals surface area contributed by atoms with Crippen LogP contribution < -0.4 is 10.1 Å². The molecule has 3 rings (SSSR count). The third-order valence-corrected chi connectivity index (χ3v) is 5.85. The monoisotopic (exact) mass is 481 g/mol. The Balaban J connectivity index is 1.64. The van der Waals surface area contributed by atoms with E-state index in [1.165, 1.54) is 6.07 Å². The zero-order valence-electron chi connectivity index (χ0n) is 14.2. The lowest BCUT2D eigenvalue weighted by atomic mass is 10.3. The fourth-order valence-corrected chi connectivity index (χ4v) is 3.48. The summed E-state index contributed by atoms with van der Waals surface area (Å²) in [7, 11) is 1.80. The molecule has 1 amide bonds. The van der Waals surface area contributed by atoms with Crippen molar-refractivity contribution in [3.63, 3.8) is 0 Å². The number of amides is 1. The van der Waals surface area contributed by atoms with Gasteiger partial charge in [0.15, 0.2) is 11.5 Å². The molecule has 3 aromatic rings. The average molecular weight is 484 g/mol. The van der Waals surface area contributed by atoms with Crippen molar-refractivity contribution in [2.45, 2.75) is 13.2 Å². The molecule has 11 heteroatoms. The molecule has 0 radical (unpaired) electrons. The fourth-order valence-electron chi connectivity index (χ4n) is 2.25. The van der Waals surface area contributed by atoms with Gasteiger partial charge in [-0.1, -0.05) is 58.0 Å². The standard InChI is InChI=1S/C17H12Cl5N3O3/c1-25-5-4-8(24-25)6-23-17(26)10-3-2-9(28-10)7-27-16-14(21)12(19)11(18)13(20)15(16)22/h2-5H,6-7H2,1H3,(H,23,26). The van der Waals surface area contributed by atoms with E-state index in [2.05, 4.69) is 10.4 Å². The lowest BCUT2D eigenvalue weighted by Gasteiger charge is -2.12. The van der Waals surface area contributed by atoms with Gasteiger partial charge in [0.05, 0.1) is 27.3 Å². The Morgan fingerprint density at radius 3 is 2.32 bits per heavy atom. The zero-order chi connectivity index (χ0) is 20.4. The molecule has 0 aliphatic carbocycles. The smallest absolute Gasteiger partial charge is 0.287 e. The molecule has 0 aliphatic heterocycles. The second-order valence-electron chi connectivity index (χ2n) is 5.62. The van der Waals surface area contributed by atoms with Gasteiger partial charge in [0.2, 0.25) is 0 Å². The van der Waals surface area contributed by atoms with E-state index in [0.717, 1.165) is 5.69 Å². The van der Waals surface area contributed by atoms with Crippen LogP contribution in [-0.4, -0.2) is 15.7 Å². The number of aryl methyl sites for hydroxylation is 1. The second-order valence-corrected chi connectivity index (χ2v) is 7.51. The molecular weight excluding hydrogens is 471 g/mol. The Morgan fingerprint density at radius 2 is 1.71 bits per heavy atom. The highest BCUT2D eigenvalue weighted by Crippen LogP contribution is 2.48. The number of nitrogens with zero attached hydrogens (tertiary/aromatic N) is 2. The van der Waals surface area contributed by atoms with Gasteiger partial charge < -0.3 is 14.5 Å². The first kappa shape index (κ1) is 21.1. The molecule has 0 saturated heterocycles. The van der Waals surface area contributed by atoms with Crippen molar-refractivity contribution in [2.24, 2.45) is 7.05 Å². The summed E-state index contributed by atoms with van der Waals surface area (Å²) in [5.74, 6) is 0.182. The molecule has 6 nitrogen and oxygen atoms in total. The van der Waals surface area contributed by atoms with E-state index < -0.39 is 0 Å². The summed E-state index contributed by atoms with van der Waals surface area (Å²) in [6, 6.07) is 4.92. The van der Waals surface area contributed by atoms with Gasteiger partial charge >= 0.3 is 0 Å². The molecule has 148 valence electrons. The van der Waals surface area contributed by atoms with Gasteiger partial charge in [0.25, 0.3) is 5.91 Å². The first-order valence-corrected chi connectivity index (χ1v) is 9.66. The SMILES string of the molecule is Cn1ccc(CNC(=O)c2ccc(COc3c(Cl)c(Cl)c(Cl)c(Cl)c3Cl)o2)n1. The predicted octanol–water partition coefficient (Wildman–Crippen LogP) is 5.79. The highest BCUT2D eigenvalue weighted by molar-refractivity contribution is 6.55. The molecule has 2 aromatic heterocycles. The van der Waals surface area contributed by atoms with Crippen LogP contribution in [0.2, 0.25) is 25.1 Å². The van der Waals surface area contributed by atoms with Gasteiger partial charge in [-0.15, -0.1) is 0 Å². The van der Waals surface area contributed by atoms with Gasteiger partial charge in [0, 0.05) is 13.2 Å². The third kappa shape index (κ3) is 4.53. The van der Waals surface area contributed by atoms with Gasteiger partial charge in [0.1, 0.15) is 22.4 Å².